The number of benzene rings is 1. The van der Waals surface area contributed by atoms with Gasteiger partial charge in [0.1, 0.15) is 5.56 Å². The number of hydrogen-bond donors (Lipinski definition) is 2. The lowest BCUT2D eigenvalue weighted by Gasteiger charge is -2.13. The molecule has 0 fully saturated rings. The standard InChI is InChI=1S/C15H16N2O5S/c1-9-6-7-17(14(18)13(9)15(19)20)12-5-4-11(8-10(12)2)16-23(3,21)22/h4-8,16H,1-3H3,(H,19,20). The average Bonchev–Trinajstić information content (AvgIpc) is 2.38. The number of carbonyl (C=O) groups is 1. The molecule has 1 heterocycles. The lowest BCUT2D eigenvalue weighted by molar-refractivity contribution is 0.0693. The Kier molecular flexibility index (Phi) is 4.28. The Bertz CT molecular complexity index is 945. The maximum Gasteiger partial charge on any atom is 0.341 e. The molecule has 23 heavy (non-hydrogen) atoms. The molecule has 2 N–H and O–H groups in total. The van der Waals surface area contributed by atoms with Gasteiger partial charge in [-0.1, -0.05) is 0 Å². The van der Waals surface area contributed by atoms with Crippen LogP contribution in [-0.2, 0) is 10.0 Å². The molecule has 1 aromatic carbocycles. The first kappa shape index (κ1) is 16.8. The largest absolute Gasteiger partial charge is 0.477 e. The van der Waals surface area contributed by atoms with E-state index < -0.39 is 21.6 Å². The van der Waals surface area contributed by atoms with Crippen molar-refractivity contribution in [3.8, 4) is 5.69 Å². The quantitative estimate of drug-likeness (QED) is 0.881. The molecule has 8 heteroatoms. The second-order valence-electron chi connectivity index (χ2n) is 5.23. The molecule has 0 saturated carbocycles. The van der Waals surface area contributed by atoms with Gasteiger partial charge < -0.3 is 5.11 Å². The third kappa shape index (κ3) is 3.59. The zero-order valence-corrected chi connectivity index (χ0v) is 13.6. The van der Waals surface area contributed by atoms with Gasteiger partial charge in [-0.15, -0.1) is 0 Å². The molecule has 0 unspecified atom stereocenters. The molecule has 0 atom stereocenters. The highest BCUT2D eigenvalue weighted by molar-refractivity contribution is 7.92. The number of nitrogens with zero attached hydrogens (tertiary/aromatic N) is 1. The van der Waals surface area contributed by atoms with Crippen molar-refractivity contribution in [3.05, 3.63) is 57.5 Å². The number of aryl methyl sites for hydroxylation is 2. The van der Waals surface area contributed by atoms with Gasteiger partial charge >= 0.3 is 5.97 Å². The fourth-order valence-electron chi connectivity index (χ4n) is 2.28. The van der Waals surface area contributed by atoms with Crippen LogP contribution in [0.5, 0.6) is 0 Å². The van der Waals surface area contributed by atoms with E-state index in [4.69, 9.17) is 5.11 Å². The van der Waals surface area contributed by atoms with Crippen LogP contribution in [0.3, 0.4) is 0 Å². The number of rotatable bonds is 4. The predicted octanol–water partition coefficient (Wildman–Crippen LogP) is 1.52. The van der Waals surface area contributed by atoms with Crippen molar-refractivity contribution in [1.29, 1.82) is 0 Å². The molecular formula is C15H16N2O5S. The molecule has 0 saturated heterocycles. The smallest absolute Gasteiger partial charge is 0.341 e. The topological polar surface area (TPSA) is 105 Å². The molecule has 0 spiro atoms. The van der Waals surface area contributed by atoms with Gasteiger partial charge in [0.05, 0.1) is 11.9 Å². The number of pyridine rings is 1. The molecule has 0 bridgehead atoms. The van der Waals surface area contributed by atoms with E-state index in [-0.39, 0.29) is 5.56 Å². The fraction of sp³-hybridized carbons (Fsp3) is 0.200. The number of nitrogens with one attached hydrogen (secondary N) is 1. The third-order valence-electron chi connectivity index (χ3n) is 3.27. The van der Waals surface area contributed by atoms with E-state index in [1.807, 2.05) is 0 Å². The van der Waals surface area contributed by atoms with E-state index >= 15 is 0 Å². The Morgan fingerprint density at radius 1 is 1.17 bits per heavy atom. The second kappa shape index (κ2) is 5.88. The van der Waals surface area contributed by atoms with Gasteiger partial charge in [-0.2, -0.15) is 0 Å². The van der Waals surface area contributed by atoms with Crippen LogP contribution in [0.2, 0.25) is 0 Å². The highest BCUT2D eigenvalue weighted by Gasteiger charge is 2.16. The Morgan fingerprint density at radius 2 is 1.83 bits per heavy atom. The van der Waals surface area contributed by atoms with Crippen molar-refractivity contribution in [1.82, 2.24) is 4.57 Å². The van der Waals surface area contributed by atoms with Crippen LogP contribution in [-0.4, -0.2) is 30.3 Å². The summed E-state index contributed by atoms with van der Waals surface area (Å²) in [4.78, 5) is 23.6. The molecule has 0 amide bonds. The number of anilines is 1. The molecule has 2 aromatic rings. The minimum absolute atomic E-state index is 0.287. The first-order valence-corrected chi connectivity index (χ1v) is 8.53. The van der Waals surface area contributed by atoms with Gasteiger partial charge in [-0.3, -0.25) is 14.1 Å². The monoisotopic (exact) mass is 336 g/mol. The summed E-state index contributed by atoms with van der Waals surface area (Å²) in [5, 5.41) is 9.17. The van der Waals surface area contributed by atoms with Crippen molar-refractivity contribution in [2.45, 2.75) is 13.8 Å². The lowest BCUT2D eigenvalue weighted by Crippen LogP contribution is -2.26. The van der Waals surface area contributed by atoms with Crippen molar-refractivity contribution in [3.63, 3.8) is 0 Å². The molecular weight excluding hydrogens is 320 g/mol. The van der Waals surface area contributed by atoms with Crippen molar-refractivity contribution in [2.24, 2.45) is 0 Å². The highest BCUT2D eigenvalue weighted by atomic mass is 32.2. The molecule has 122 valence electrons. The van der Waals surface area contributed by atoms with Gasteiger partial charge in [-0.25, -0.2) is 13.2 Å². The second-order valence-corrected chi connectivity index (χ2v) is 6.98. The minimum Gasteiger partial charge on any atom is -0.477 e. The molecule has 7 nitrogen and oxygen atoms in total. The highest BCUT2D eigenvalue weighted by Crippen LogP contribution is 2.19. The van der Waals surface area contributed by atoms with Gasteiger partial charge in [0.2, 0.25) is 10.0 Å². The summed E-state index contributed by atoms with van der Waals surface area (Å²) in [7, 11) is -3.40. The summed E-state index contributed by atoms with van der Waals surface area (Å²) in [5.41, 5.74) is 0.936. The van der Waals surface area contributed by atoms with Gasteiger partial charge in [0.15, 0.2) is 0 Å². The van der Waals surface area contributed by atoms with Crippen molar-refractivity contribution in [2.75, 3.05) is 11.0 Å². The maximum absolute atomic E-state index is 12.4. The van der Waals surface area contributed by atoms with E-state index in [0.29, 0.717) is 22.5 Å². The number of aromatic nitrogens is 1. The van der Waals surface area contributed by atoms with E-state index in [1.54, 1.807) is 32.0 Å². The van der Waals surface area contributed by atoms with Crippen LogP contribution in [0.1, 0.15) is 21.5 Å². The number of aromatic carboxylic acids is 1. The molecule has 0 aliphatic carbocycles. The predicted molar refractivity (Wildman–Crippen MR) is 86.9 cm³/mol. The van der Waals surface area contributed by atoms with Crippen LogP contribution in [0.25, 0.3) is 5.69 Å². The normalized spacial score (nSPS) is 11.3. The van der Waals surface area contributed by atoms with Crippen LogP contribution >= 0.6 is 0 Å². The summed E-state index contributed by atoms with van der Waals surface area (Å²) in [6, 6.07) is 6.19. The summed E-state index contributed by atoms with van der Waals surface area (Å²) in [6.07, 6.45) is 2.54. The number of carboxylic acid groups (broad SMARTS) is 1. The summed E-state index contributed by atoms with van der Waals surface area (Å²) in [6.45, 7) is 3.26. The van der Waals surface area contributed by atoms with Crippen LogP contribution in [0, 0.1) is 13.8 Å². The molecule has 2 rings (SSSR count). The fourth-order valence-corrected chi connectivity index (χ4v) is 2.83. The Balaban J connectivity index is 2.58. The number of carboxylic acids is 1. The minimum atomic E-state index is -3.40. The zero-order chi connectivity index (χ0) is 17.4. The van der Waals surface area contributed by atoms with Gasteiger partial charge in [0, 0.05) is 11.9 Å². The van der Waals surface area contributed by atoms with Crippen molar-refractivity contribution < 1.29 is 18.3 Å². The molecule has 0 radical (unpaired) electrons. The van der Waals surface area contributed by atoms with Crippen molar-refractivity contribution >= 4 is 21.7 Å². The van der Waals surface area contributed by atoms with Gasteiger partial charge in [-0.05, 0) is 49.2 Å². The maximum atomic E-state index is 12.4. The first-order valence-electron chi connectivity index (χ1n) is 6.64. The van der Waals surface area contributed by atoms with E-state index in [9.17, 15) is 18.0 Å². The summed E-state index contributed by atoms with van der Waals surface area (Å²) >= 11 is 0. The van der Waals surface area contributed by atoms with E-state index in [0.717, 1.165) is 6.26 Å². The van der Waals surface area contributed by atoms with Crippen LogP contribution in [0.15, 0.2) is 35.3 Å². The van der Waals surface area contributed by atoms with Crippen LogP contribution < -0.4 is 10.3 Å². The molecule has 0 aliphatic rings. The average molecular weight is 336 g/mol. The molecule has 1 aromatic heterocycles. The molecule has 0 aliphatic heterocycles. The van der Waals surface area contributed by atoms with Gasteiger partial charge in [0.25, 0.3) is 5.56 Å². The third-order valence-corrected chi connectivity index (χ3v) is 3.88. The number of hydrogen-bond acceptors (Lipinski definition) is 4. The first-order chi connectivity index (χ1) is 10.6. The van der Waals surface area contributed by atoms with E-state index in [1.165, 1.54) is 16.8 Å². The zero-order valence-electron chi connectivity index (χ0n) is 12.8. The Hall–Kier alpha value is -2.61. The summed E-state index contributed by atoms with van der Waals surface area (Å²) in [5.74, 6) is -1.28. The Morgan fingerprint density at radius 3 is 2.35 bits per heavy atom. The number of sulfonamides is 1. The van der Waals surface area contributed by atoms with Crippen LogP contribution in [0.4, 0.5) is 5.69 Å². The lowest BCUT2D eigenvalue weighted by atomic mass is 10.1. The Labute approximate surface area is 133 Å². The SMILES string of the molecule is Cc1cc(NS(C)(=O)=O)ccc1-n1ccc(C)c(C(=O)O)c1=O. The van der Waals surface area contributed by atoms with E-state index in [2.05, 4.69) is 4.72 Å². The summed E-state index contributed by atoms with van der Waals surface area (Å²) < 4.78 is 26.1.